The molecule has 1 fully saturated rings. The second-order valence-corrected chi connectivity index (χ2v) is 7.36. The Morgan fingerprint density at radius 3 is 2.58 bits per heavy atom. The van der Waals surface area contributed by atoms with Crippen molar-refractivity contribution in [1.82, 2.24) is 14.7 Å². The second-order valence-electron chi connectivity index (χ2n) is 7.36. The normalized spacial score (nSPS) is 20.6. The predicted molar refractivity (Wildman–Crippen MR) is 101 cm³/mol. The molecule has 6 heteroatoms. The molecule has 2 aromatic rings. The molecule has 3 heterocycles. The van der Waals surface area contributed by atoms with Crippen LogP contribution < -0.4 is 4.90 Å². The molecule has 2 aliphatic heterocycles. The summed E-state index contributed by atoms with van der Waals surface area (Å²) < 4.78 is 2.01. The fourth-order valence-corrected chi connectivity index (χ4v) is 4.21. The predicted octanol–water partition coefficient (Wildman–Crippen LogP) is 1.78. The molecule has 2 aliphatic rings. The minimum absolute atomic E-state index is 0.280. The van der Waals surface area contributed by atoms with Crippen LogP contribution in [0.25, 0.3) is 0 Å². The molecule has 0 amide bonds. The number of fused-ring (bicyclic) bond motifs is 1. The lowest BCUT2D eigenvalue weighted by atomic mass is 10.0. The Kier molecular flexibility index (Phi) is 5.24. The molecule has 2 N–H and O–H groups in total. The summed E-state index contributed by atoms with van der Waals surface area (Å²) in [4.78, 5) is 5.06. The van der Waals surface area contributed by atoms with Gasteiger partial charge in [0, 0.05) is 44.5 Å². The monoisotopic (exact) mass is 356 g/mol. The number of para-hydroxylation sites is 1. The number of benzene rings is 1. The van der Waals surface area contributed by atoms with E-state index in [1.54, 1.807) is 0 Å². The van der Waals surface area contributed by atoms with Crippen molar-refractivity contribution in [1.29, 1.82) is 0 Å². The first-order chi connectivity index (χ1) is 12.7. The highest BCUT2D eigenvalue weighted by Gasteiger charge is 2.27. The SMILES string of the molecule is OC[C@@H](O)c1cc2n(n1)CCCN(C1CCN(c3ccccc3)CC1)C2. The lowest BCUT2D eigenvalue weighted by Crippen LogP contribution is -2.44. The zero-order valence-electron chi connectivity index (χ0n) is 15.2. The van der Waals surface area contributed by atoms with Crippen LogP contribution in [0.2, 0.25) is 0 Å². The third-order valence-corrected chi connectivity index (χ3v) is 5.68. The minimum atomic E-state index is -0.878. The fourth-order valence-electron chi connectivity index (χ4n) is 4.21. The van der Waals surface area contributed by atoms with Gasteiger partial charge in [-0.15, -0.1) is 0 Å². The van der Waals surface area contributed by atoms with E-state index in [0.29, 0.717) is 11.7 Å². The quantitative estimate of drug-likeness (QED) is 0.874. The summed E-state index contributed by atoms with van der Waals surface area (Å²) in [6.45, 7) is 4.77. The first-order valence-electron chi connectivity index (χ1n) is 9.64. The first-order valence-corrected chi connectivity index (χ1v) is 9.64. The summed E-state index contributed by atoms with van der Waals surface area (Å²) >= 11 is 0. The minimum Gasteiger partial charge on any atom is -0.393 e. The zero-order chi connectivity index (χ0) is 17.9. The Morgan fingerprint density at radius 1 is 1.08 bits per heavy atom. The highest BCUT2D eigenvalue weighted by molar-refractivity contribution is 5.46. The molecule has 26 heavy (non-hydrogen) atoms. The summed E-state index contributed by atoms with van der Waals surface area (Å²) in [6.07, 6.45) is 2.55. The molecule has 4 rings (SSSR count). The van der Waals surface area contributed by atoms with Gasteiger partial charge in [-0.1, -0.05) is 18.2 Å². The molecule has 1 saturated heterocycles. The number of aryl methyl sites for hydroxylation is 1. The van der Waals surface area contributed by atoms with E-state index >= 15 is 0 Å². The Hall–Kier alpha value is -1.89. The number of hydrogen-bond donors (Lipinski definition) is 2. The van der Waals surface area contributed by atoms with Crippen LogP contribution in [0.1, 0.15) is 36.8 Å². The first kappa shape index (κ1) is 17.5. The van der Waals surface area contributed by atoms with E-state index in [1.165, 1.54) is 18.5 Å². The van der Waals surface area contributed by atoms with Crippen molar-refractivity contribution in [3.63, 3.8) is 0 Å². The lowest BCUT2D eigenvalue weighted by Gasteiger charge is -2.39. The molecule has 0 saturated carbocycles. The van der Waals surface area contributed by atoms with E-state index in [0.717, 1.165) is 44.8 Å². The number of aliphatic hydroxyl groups is 2. The molecule has 0 unspecified atom stereocenters. The van der Waals surface area contributed by atoms with E-state index in [-0.39, 0.29) is 6.61 Å². The highest BCUT2D eigenvalue weighted by atomic mass is 16.3. The van der Waals surface area contributed by atoms with Gasteiger partial charge < -0.3 is 15.1 Å². The fraction of sp³-hybridized carbons (Fsp3) is 0.550. The third-order valence-electron chi connectivity index (χ3n) is 5.68. The topological polar surface area (TPSA) is 64.8 Å². The smallest absolute Gasteiger partial charge is 0.121 e. The lowest BCUT2D eigenvalue weighted by molar-refractivity contribution is 0.0915. The van der Waals surface area contributed by atoms with Gasteiger partial charge in [-0.3, -0.25) is 9.58 Å². The molecule has 1 aromatic heterocycles. The summed E-state index contributed by atoms with van der Waals surface area (Å²) in [6, 6.07) is 13.2. The van der Waals surface area contributed by atoms with Gasteiger partial charge in [-0.2, -0.15) is 5.10 Å². The summed E-state index contributed by atoms with van der Waals surface area (Å²) in [7, 11) is 0. The van der Waals surface area contributed by atoms with Gasteiger partial charge in [0.1, 0.15) is 6.10 Å². The largest absolute Gasteiger partial charge is 0.393 e. The average molecular weight is 356 g/mol. The second kappa shape index (κ2) is 7.78. The van der Waals surface area contributed by atoms with Gasteiger partial charge in [0.25, 0.3) is 0 Å². The molecule has 0 aliphatic carbocycles. The number of hydrogen-bond acceptors (Lipinski definition) is 5. The third kappa shape index (κ3) is 3.63. The van der Waals surface area contributed by atoms with Crippen molar-refractivity contribution in [3.8, 4) is 0 Å². The molecular weight excluding hydrogens is 328 g/mol. The van der Waals surface area contributed by atoms with Crippen LogP contribution in [0.5, 0.6) is 0 Å². The van der Waals surface area contributed by atoms with Crippen molar-refractivity contribution in [2.45, 2.75) is 44.5 Å². The number of aromatic nitrogens is 2. The molecule has 6 nitrogen and oxygen atoms in total. The maximum absolute atomic E-state index is 9.86. The van der Waals surface area contributed by atoms with Gasteiger partial charge in [-0.05, 0) is 37.5 Å². The van der Waals surface area contributed by atoms with Gasteiger partial charge in [0.2, 0.25) is 0 Å². The Bertz CT molecular complexity index is 710. The Balaban J connectivity index is 1.40. The van der Waals surface area contributed by atoms with Crippen molar-refractivity contribution in [2.75, 3.05) is 31.1 Å². The molecular formula is C20H28N4O2. The Morgan fingerprint density at radius 2 is 1.85 bits per heavy atom. The number of nitrogens with zero attached hydrogens (tertiary/aromatic N) is 4. The van der Waals surface area contributed by atoms with Gasteiger partial charge in [0.15, 0.2) is 0 Å². The highest BCUT2D eigenvalue weighted by Crippen LogP contribution is 2.26. The molecule has 1 atom stereocenters. The van der Waals surface area contributed by atoms with Crippen molar-refractivity contribution in [3.05, 3.63) is 47.8 Å². The standard InChI is InChI=1S/C20H28N4O2/c25-15-20(26)19-13-18-14-23(9-4-10-24(18)21-19)17-7-11-22(12-8-17)16-5-2-1-3-6-16/h1-3,5-6,13,17,20,25-26H,4,7-12,14-15H2/t20-/m1/s1. The average Bonchev–Trinajstić information content (AvgIpc) is 3.00. The molecule has 0 bridgehead atoms. The van der Waals surface area contributed by atoms with E-state index in [4.69, 9.17) is 5.11 Å². The van der Waals surface area contributed by atoms with Crippen LogP contribution in [-0.2, 0) is 13.1 Å². The van der Waals surface area contributed by atoms with Gasteiger partial charge >= 0.3 is 0 Å². The molecule has 0 spiro atoms. The van der Waals surface area contributed by atoms with Gasteiger partial charge in [0.05, 0.1) is 18.0 Å². The van der Waals surface area contributed by atoms with Gasteiger partial charge in [-0.25, -0.2) is 0 Å². The van der Waals surface area contributed by atoms with Crippen LogP contribution in [0.15, 0.2) is 36.4 Å². The molecule has 1 aromatic carbocycles. The molecule has 140 valence electrons. The van der Waals surface area contributed by atoms with E-state index < -0.39 is 6.10 Å². The van der Waals surface area contributed by atoms with Crippen LogP contribution in [-0.4, -0.2) is 57.2 Å². The van der Waals surface area contributed by atoms with Crippen LogP contribution in [0.3, 0.4) is 0 Å². The van der Waals surface area contributed by atoms with Crippen molar-refractivity contribution in [2.24, 2.45) is 0 Å². The number of aliphatic hydroxyl groups excluding tert-OH is 2. The maximum Gasteiger partial charge on any atom is 0.121 e. The maximum atomic E-state index is 9.86. The van der Waals surface area contributed by atoms with Crippen LogP contribution in [0.4, 0.5) is 5.69 Å². The summed E-state index contributed by atoms with van der Waals surface area (Å²) in [5.41, 5.74) is 3.06. The zero-order valence-corrected chi connectivity index (χ0v) is 15.2. The number of piperidine rings is 1. The van der Waals surface area contributed by atoms with Crippen LogP contribution >= 0.6 is 0 Å². The van der Waals surface area contributed by atoms with Crippen molar-refractivity contribution >= 4 is 5.69 Å². The molecule has 0 radical (unpaired) electrons. The van der Waals surface area contributed by atoms with E-state index in [1.807, 2.05) is 10.7 Å². The van der Waals surface area contributed by atoms with Crippen LogP contribution in [0, 0.1) is 0 Å². The van der Waals surface area contributed by atoms with E-state index in [9.17, 15) is 5.11 Å². The summed E-state index contributed by atoms with van der Waals surface area (Å²) in [5, 5.41) is 23.5. The van der Waals surface area contributed by atoms with Crippen molar-refractivity contribution < 1.29 is 10.2 Å². The number of rotatable bonds is 4. The Labute approximate surface area is 154 Å². The van der Waals surface area contributed by atoms with E-state index in [2.05, 4.69) is 45.2 Å². The summed E-state index contributed by atoms with van der Waals surface area (Å²) in [5.74, 6) is 0. The number of anilines is 1.